The van der Waals surface area contributed by atoms with E-state index in [-0.39, 0.29) is 11.7 Å². The number of carbonyl (C=O) groups excluding carboxylic acids is 1. The minimum atomic E-state index is -0.323. The van der Waals surface area contributed by atoms with Crippen molar-refractivity contribution in [2.24, 2.45) is 10.7 Å². The molecule has 0 unspecified atom stereocenters. The number of carbonyl (C=O) groups is 1. The normalized spacial score (nSPS) is 11.6. The second-order valence-corrected chi connectivity index (χ2v) is 8.08. The number of rotatable bonds is 10. The van der Waals surface area contributed by atoms with Crippen molar-refractivity contribution in [3.8, 4) is 17.0 Å². The molecule has 0 saturated heterocycles. The number of hydrogen-bond donors (Lipinski definition) is 2. The third-order valence-corrected chi connectivity index (χ3v) is 5.68. The Morgan fingerprint density at radius 2 is 2.03 bits per heavy atom. The van der Waals surface area contributed by atoms with Gasteiger partial charge >= 0.3 is 0 Å². The van der Waals surface area contributed by atoms with Gasteiger partial charge in [-0.05, 0) is 54.9 Å². The van der Waals surface area contributed by atoms with Crippen molar-refractivity contribution in [1.82, 2.24) is 9.88 Å². The molecule has 0 bridgehead atoms. The van der Waals surface area contributed by atoms with Crippen LogP contribution in [0.4, 0.5) is 10.1 Å². The van der Waals surface area contributed by atoms with Gasteiger partial charge in [0.05, 0.1) is 12.8 Å². The van der Waals surface area contributed by atoms with Crippen LogP contribution in [0.15, 0.2) is 52.8 Å². The Morgan fingerprint density at radius 1 is 1.26 bits per heavy atom. The molecule has 6 nitrogen and oxygen atoms in total. The van der Waals surface area contributed by atoms with Gasteiger partial charge in [-0.2, -0.15) is 0 Å². The van der Waals surface area contributed by atoms with E-state index in [4.69, 9.17) is 27.1 Å². The number of thiazole rings is 1. The highest BCUT2D eigenvalue weighted by Crippen LogP contribution is 2.30. The number of hydrogen-bond acceptors (Lipinski definition) is 5. The summed E-state index contributed by atoms with van der Waals surface area (Å²) in [7, 11) is 1.58. The van der Waals surface area contributed by atoms with Crippen molar-refractivity contribution in [3.63, 3.8) is 0 Å². The maximum atomic E-state index is 13.4. The second kappa shape index (κ2) is 11.1. The first-order valence-corrected chi connectivity index (χ1v) is 11.0. The molecular weight excluding hydrogens is 439 g/mol. The summed E-state index contributed by atoms with van der Waals surface area (Å²) in [5.74, 6) is -0.0137. The van der Waals surface area contributed by atoms with Crippen LogP contribution in [-0.2, 0) is 11.3 Å². The lowest BCUT2D eigenvalue weighted by Gasteiger charge is -2.10. The predicted octanol–water partition coefficient (Wildman–Crippen LogP) is 4.11. The highest BCUT2D eigenvalue weighted by molar-refractivity contribution is 7.07. The minimum Gasteiger partial charge on any atom is -0.494 e. The van der Waals surface area contributed by atoms with Crippen molar-refractivity contribution < 1.29 is 13.9 Å². The Labute approximate surface area is 189 Å². The Balaban J connectivity index is 1.90. The number of aromatic nitrogens is 1. The molecular formula is C22H24ClFN4O2S. The van der Waals surface area contributed by atoms with Gasteiger partial charge < -0.3 is 20.4 Å². The maximum Gasteiger partial charge on any atom is 0.218 e. The van der Waals surface area contributed by atoms with Crippen LogP contribution in [0, 0.1) is 5.82 Å². The summed E-state index contributed by atoms with van der Waals surface area (Å²) in [6.07, 6.45) is 1.12. The van der Waals surface area contributed by atoms with Gasteiger partial charge in [-0.15, -0.1) is 11.3 Å². The largest absolute Gasteiger partial charge is 0.494 e. The van der Waals surface area contributed by atoms with Crippen LogP contribution in [0.25, 0.3) is 11.3 Å². The molecule has 2 aromatic carbocycles. The van der Waals surface area contributed by atoms with Crippen LogP contribution in [0.2, 0.25) is 5.02 Å². The smallest absolute Gasteiger partial charge is 0.218 e. The van der Waals surface area contributed by atoms with Gasteiger partial charge in [0, 0.05) is 36.0 Å². The lowest BCUT2D eigenvalue weighted by Crippen LogP contribution is -2.24. The lowest BCUT2D eigenvalue weighted by atomic mass is 10.1. The van der Waals surface area contributed by atoms with E-state index in [1.807, 2.05) is 11.4 Å². The fourth-order valence-corrected chi connectivity index (χ4v) is 4.14. The standard InChI is InChI=1S/C22H24ClFN4O2S/c1-30-20-13-16(23)5-8-18(20)27-22-28(12-2-10-26-11-9-21(25)29)19(14-31-22)15-3-6-17(24)7-4-15/h3-8,13-14,26H,2,9-12H2,1H3,(H2,25,29). The minimum absolute atomic E-state index is 0.278. The Morgan fingerprint density at radius 3 is 2.74 bits per heavy atom. The summed E-state index contributed by atoms with van der Waals surface area (Å²) in [5, 5.41) is 5.80. The number of halogens is 2. The van der Waals surface area contributed by atoms with Crippen molar-refractivity contribution in [3.05, 3.63) is 63.5 Å². The third-order valence-electron chi connectivity index (χ3n) is 4.58. The summed E-state index contributed by atoms with van der Waals surface area (Å²) in [6.45, 7) is 1.96. The van der Waals surface area contributed by atoms with Crippen LogP contribution in [0.1, 0.15) is 12.8 Å². The molecule has 1 amide bonds. The molecule has 0 aliphatic heterocycles. The predicted molar refractivity (Wildman–Crippen MR) is 122 cm³/mol. The fraction of sp³-hybridized carbons (Fsp3) is 0.273. The van der Waals surface area contributed by atoms with Crippen LogP contribution in [0.5, 0.6) is 5.75 Å². The summed E-state index contributed by atoms with van der Waals surface area (Å²) in [4.78, 5) is 16.4. The number of nitrogens with two attached hydrogens (primary N) is 1. The molecule has 0 aliphatic rings. The van der Waals surface area contributed by atoms with Crippen molar-refractivity contribution in [2.45, 2.75) is 19.4 Å². The number of benzene rings is 2. The molecule has 3 rings (SSSR count). The zero-order valence-electron chi connectivity index (χ0n) is 17.1. The van der Waals surface area contributed by atoms with E-state index < -0.39 is 0 Å². The van der Waals surface area contributed by atoms with Crippen LogP contribution in [0.3, 0.4) is 0 Å². The lowest BCUT2D eigenvalue weighted by molar-refractivity contribution is -0.117. The topological polar surface area (TPSA) is 81.6 Å². The Kier molecular flexibility index (Phi) is 8.22. The number of primary amides is 1. The SMILES string of the molecule is COc1cc(Cl)ccc1N=c1scc(-c2ccc(F)cc2)n1CCCNCCC(N)=O. The summed E-state index contributed by atoms with van der Waals surface area (Å²) in [6, 6.07) is 11.7. The molecule has 31 heavy (non-hydrogen) atoms. The maximum absolute atomic E-state index is 13.4. The van der Waals surface area contributed by atoms with E-state index in [1.54, 1.807) is 31.4 Å². The summed E-state index contributed by atoms with van der Waals surface area (Å²) < 4.78 is 20.9. The number of ether oxygens (including phenoxy) is 1. The molecule has 1 heterocycles. The van der Waals surface area contributed by atoms with Gasteiger partial charge in [0.15, 0.2) is 4.80 Å². The number of nitrogens with one attached hydrogen (secondary N) is 1. The van der Waals surface area contributed by atoms with Gasteiger partial charge in [-0.3, -0.25) is 4.79 Å². The van der Waals surface area contributed by atoms with E-state index in [2.05, 4.69) is 9.88 Å². The monoisotopic (exact) mass is 462 g/mol. The van der Waals surface area contributed by atoms with Gasteiger partial charge in [0.25, 0.3) is 0 Å². The van der Waals surface area contributed by atoms with Gasteiger partial charge in [-0.1, -0.05) is 11.6 Å². The fourth-order valence-electron chi connectivity index (χ4n) is 3.03. The zero-order chi connectivity index (χ0) is 22.2. The molecule has 0 fully saturated rings. The van der Waals surface area contributed by atoms with Crippen molar-refractivity contribution in [1.29, 1.82) is 0 Å². The van der Waals surface area contributed by atoms with E-state index in [0.29, 0.717) is 36.0 Å². The first-order valence-electron chi connectivity index (χ1n) is 9.79. The summed E-state index contributed by atoms with van der Waals surface area (Å²) in [5.41, 5.74) is 7.70. The second-order valence-electron chi connectivity index (χ2n) is 6.81. The van der Waals surface area contributed by atoms with Gasteiger partial charge in [0.2, 0.25) is 5.91 Å². The molecule has 1 aromatic heterocycles. The Bertz CT molecular complexity index is 1100. The zero-order valence-corrected chi connectivity index (χ0v) is 18.7. The van der Waals surface area contributed by atoms with E-state index in [9.17, 15) is 9.18 Å². The number of methoxy groups -OCH3 is 1. The van der Waals surface area contributed by atoms with Gasteiger partial charge in [0.1, 0.15) is 17.3 Å². The molecule has 0 radical (unpaired) electrons. The highest BCUT2D eigenvalue weighted by atomic mass is 35.5. The average molecular weight is 463 g/mol. The van der Waals surface area contributed by atoms with Crippen LogP contribution in [-0.4, -0.2) is 30.7 Å². The quantitative estimate of drug-likeness (QED) is 0.445. The molecule has 0 spiro atoms. The van der Waals surface area contributed by atoms with Crippen LogP contribution < -0.4 is 20.6 Å². The molecule has 0 saturated carbocycles. The van der Waals surface area contributed by atoms with Crippen molar-refractivity contribution in [2.75, 3.05) is 20.2 Å². The van der Waals surface area contributed by atoms with Crippen molar-refractivity contribution >= 4 is 34.5 Å². The summed E-state index contributed by atoms with van der Waals surface area (Å²) >= 11 is 7.56. The number of nitrogens with zero attached hydrogens (tertiary/aromatic N) is 2. The molecule has 0 aliphatic carbocycles. The first-order chi connectivity index (χ1) is 15.0. The molecule has 0 atom stereocenters. The Hall–Kier alpha value is -2.68. The van der Waals surface area contributed by atoms with E-state index >= 15 is 0 Å². The molecule has 9 heteroatoms. The molecule has 3 aromatic rings. The number of amides is 1. The average Bonchev–Trinajstić information content (AvgIpc) is 3.14. The van der Waals surface area contributed by atoms with Gasteiger partial charge in [-0.25, -0.2) is 9.38 Å². The molecule has 3 N–H and O–H groups in total. The van der Waals surface area contributed by atoms with Crippen LogP contribution >= 0.6 is 22.9 Å². The first kappa shape index (κ1) is 23.0. The van der Waals surface area contributed by atoms with E-state index in [1.165, 1.54) is 23.5 Å². The highest BCUT2D eigenvalue weighted by Gasteiger charge is 2.10. The van der Waals surface area contributed by atoms with E-state index in [0.717, 1.165) is 29.0 Å². The third kappa shape index (κ3) is 6.40. The molecule has 164 valence electrons.